The molecule has 1 aromatic heterocycles. The predicted octanol–water partition coefficient (Wildman–Crippen LogP) is 2.71. The van der Waals surface area contributed by atoms with Gasteiger partial charge in [0, 0.05) is 18.3 Å². The molecule has 0 bridgehead atoms. The van der Waals surface area contributed by atoms with Crippen molar-refractivity contribution in [3.8, 4) is 5.69 Å². The van der Waals surface area contributed by atoms with Crippen molar-refractivity contribution in [3.63, 3.8) is 0 Å². The molecule has 0 aliphatic carbocycles. The summed E-state index contributed by atoms with van der Waals surface area (Å²) >= 11 is 0. The second-order valence-electron chi connectivity index (χ2n) is 6.94. The van der Waals surface area contributed by atoms with Crippen LogP contribution in [0.1, 0.15) is 30.0 Å². The first-order valence-electron chi connectivity index (χ1n) is 9.41. The Morgan fingerprint density at radius 1 is 1.17 bits per heavy atom. The standard InChI is InChI=1S/C21H22N6O2/c22-17-8-10-18(11-9-17)27-14-20(23-25-27)26-13-1-2-19(26)16-6-3-15(4-7-16)5-12-21(28)24-29/h3-12,14,19,29H,1-2,13,22H2,(H,24,28). The normalized spacial score (nSPS) is 16.4. The number of nitrogen functional groups attached to an aromatic ring is 1. The molecule has 1 unspecified atom stereocenters. The molecular formula is C21H22N6O2. The van der Waals surface area contributed by atoms with Crippen LogP contribution in [0.4, 0.5) is 11.5 Å². The van der Waals surface area contributed by atoms with Crippen LogP contribution in [-0.4, -0.2) is 32.7 Å². The van der Waals surface area contributed by atoms with Crippen LogP contribution in [0.3, 0.4) is 0 Å². The van der Waals surface area contributed by atoms with Gasteiger partial charge in [-0.05, 0) is 54.3 Å². The topological polar surface area (TPSA) is 109 Å². The summed E-state index contributed by atoms with van der Waals surface area (Å²) in [6, 6.07) is 15.8. The van der Waals surface area contributed by atoms with Gasteiger partial charge in [0.1, 0.15) is 0 Å². The molecule has 1 amide bonds. The molecule has 1 saturated heterocycles. The average Bonchev–Trinajstić information content (AvgIpc) is 3.42. The summed E-state index contributed by atoms with van der Waals surface area (Å²) in [4.78, 5) is 13.4. The van der Waals surface area contributed by atoms with Crippen molar-refractivity contribution in [3.05, 3.63) is 71.9 Å². The maximum Gasteiger partial charge on any atom is 0.267 e. The van der Waals surface area contributed by atoms with Gasteiger partial charge in [-0.3, -0.25) is 10.0 Å². The van der Waals surface area contributed by atoms with Crippen molar-refractivity contribution < 1.29 is 10.0 Å². The van der Waals surface area contributed by atoms with E-state index in [1.165, 1.54) is 11.6 Å². The van der Waals surface area contributed by atoms with Crippen LogP contribution in [0.5, 0.6) is 0 Å². The Kier molecular flexibility index (Phi) is 5.26. The van der Waals surface area contributed by atoms with Crippen LogP contribution in [0.25, 0.3) is 11.8 Å². The van der Waals surface area contributed by atoms with E-state index < -0.39 is 5.91 Å². The second-order valence-corrected chi connectivity index (χ2v) is 6.94. The minimum absolute atomic E-state index is 0.227. The van der Waals surface area contributed by atoms with Gasteiger partial charge in [0.15, 0.2) is 5.82 Å². The van der Waals surface area contributed by atoms with E-state index >= 15 is 0 Å². The summed E-state index contributed by atoms with van der Waals surface area (Å²) in [5.41, 5.74) is 11.0. The number of benzene rings is 2. The highest BCUT2D eigenvalue weighted by molar-refractivity contribution is 5.90. The SMILES string of the molecule is Nc1ccc(-n2cc(N3CCCC3c3ccc(C=CC(=O)NO)cc3)nn2)cc1. The summed E-state index contributed by atoms with van der Waals surface area (Å²) in [7, 11) is 0. The van der Waals surface area contributed by atoms with Crippen LogP contribution in [0.2, 0.25) is 0 Å². The minimum Gasteiger partial charge on any atom is -0.399 e. The van der Waals surface area contributed by atoms with Crippen LogP contribution in [0.15, 0.2) is 60.8 Å². The van der Waals surface area contributed by atoms with Gasteiger partial charge in [0.05, 0.1) is 17.9 Å². The van der Waals surface area contributed by atoms with E-state index in [1.807, 2.05) is 42.6 Å². The first-order valence-corrected chi connectivity index (χ1v) is 9.41. The number of nitrogens with zero attached hydrogens (tertiary/aromatic N) is 4. The Labute approximate surface area is 168 Å². The Morgan fingerprint density at radius 2 is 1.93 bits per heavy atom. The highest BCUT2D eigenvalue weighted by atomic mass is 16.5. The van der Waals surface area contributed by atoms with E-state index in [-0.39, 0.29) is 6.04 Å². The predicted molar refractivity (Wildman–Crippen MR) is 110 cm³/mol. The summed E-state index contributed by atoms with van der Waals surface area (Å²) < 4.78 is 1.75. The number of carbonyl (C=O) groups is 1. The molecule has 1 atom stereocenters. The molecule has 8 nitrogen and oxygen atoms in total. The Balaban J connectivity index is 1.51. The van der Waals surface area contributed by atoms with Crippen LogP contribution < -0.4 is 16.1 Å². The maximum atomic E-state index is 11.1. The van der Waals surface area contributed by atoms with E-state index in [9.17, 15) is 4.79 Å². The zero-order valence-electron chi connectivity index (χ0n) is 15.8. The lowest BCUT2D eigenvalue weighted by molar-refractivity contribution is -0.124. The third-order valence-corrected chi connectivity index (χ3v) is 5.04. The van der Waals surface area contributed by atoms with Gasteiger partial charge >= 0.3 is 0 Å². The van der Waals surface area contributed by atoms with Crippen molar-refractivity contribution in [2.75, 3.05) is 17.2 Å². The zero-order chi connectivity index (χ0) is 20.2. The van der Waals surface area contributed by atoms with Crippen molar-refractivity contribution in [1.29, 1.82) is 0 Å². The largest absolute Gasteiger partial charge is 0.399 e. The summed E-state index contributed by atoms with van der Waals surface area (Å²) in [5.74, 6) is 0.285. The number of nitrogens with two attached hydrogens (primary N) is 1. The molecule has 1 fully saturated rings. The molecule has 0 radical (unpaired) electrons. The molecule has 2 heterocycles. The molecule has 29 heavy (non-hydrogen) atoms. The fourth-order valence-corrected chi connectivity index (χ4v) is 3.57. The molecular weight excluding hydrogens is 368 g/mol. The Hall–Kier alpha value is -3.65. The lowest BCUT2D eigenvalue weighted by Gasteiger charge is -2.24. The zero-order valence-corrected chi connectivity index (χ0v) is 15.8. The van der Waals surface area contributed by atoms with Crippen molar-refractivity contribution in [1.82, 2.24) is 20.5 Å². The fourth-order valence-electron chi connectivity index (χ4n) is 3.57. The number of rotatable bonds is 5. The minimum atomic E-state index is -0.555. The lowest BCUT2D eigenvalue weighted by atomic mass is 10.0. The highest BCUT2D eigenvalue weighted by Crippen LogP contribution is 2.35. The smallest absolute Gasteiger partial charge is 0.267 e. The van der Waals surface area contributed by atoms with Crippen molar-refractivity contribution in [2.45, 2.75) is 18.9 Å². The van der Waals surface area contributed by atoms with Crippen LogP contribution in [-0.2, 0) is 4.79 Å². The lowest BCUT2D eigenvalue weighted by Crippen LogP contribution is -2.22. The summed E-state index contributed by atoms with van der Waals surface area (Å²) in [6.07, 6.45) is 7.00. The molecule has 0 spiro atoms. The van der Waals surface area contributed by atoms with Gasteiger partial charge in [-0.15, -0.1) is 5.10 Å². The maximum absolute atomic E-state index is 11.1. The van der Waals surface area contributed by atoms with Gasteiger partial charge in [0.2, 0.25) is 0 Å². The van der Waals surface area contributed by atoms with E-state index in [4.69, 9.17) is 10.9 Å². The number of amides is 1. The summed E-state index contributed by atoms with van der Waals surface area (Å²) in [5, 5.41) is 17.2. The third-order valence-electron chi connectivity index (χ3n) is 5.04. The molecule has 148 valence electrons. The van der Waals surface area contributed by atoms with Crippen LogP contribution in [0, 0.1) is 0 Å². The van der Waals surface area contributed by atoms with E-state index in [0.29, 0.717) is 5.69 Å². The van der Waals surface area contributed by atoms with Crippen molar-refractivity contribution >= 4 is 23.5 Å². The molecule has 0 saturated carbocycles. The first-order chi connectivity index (χ1) is 14.1. The van der Waals surface area contributed by atoms with Gasteiger partial charge < -0.3 is 10.6 Å². The molecule has 3 aromatic rings. The Bertz CT molecular complexity index is 1010. The molecule has 1 aliphatic rings. The fraction of sp³-hybridized carbons (Fsp3) is 0.190. The molecule has 1 aliphatic heterocycles. The Morgan fingerprint density at radius 3 is 2.66 bits per heavy atom. The highest BCUT2D eigenvalue weighted by Gasteiger charge is 2.28. The van der Waals surface area contributed by atoms with E-state index in [2.05, 4.69) is 27.3 Å². The average molecular weight is 390 g/mol. The first kappa shape index (κ1) is 18.7. The van der Waals surface area contributed by atoms with Gasteiger partial charge in [-0.1, -0.05) is 29.5 Å². The number of hydroxylamine groups is 1. The quantitative estimate of drug-likeness (QED) is 0.267. The van der Waals surface area contributed by atoms with Gasteiger partial charge in [0.25, 0.3) is 5.91 Å². The van der Waals surface area contributed by atoms with Crippen molar-refractivity contribution in [2.24, 2.45) is 0 Å². The molecule has 2 aromatic carbocycles. The number of carbonyl (C=O) groups excluding carboxylic acids is 1. The number of nitrogens with one attached hydrogen (secondary N) is 1. The van der Waals surface area contributed by atoms with Crippen LogP contribution >= 0.6 is 0 Å². The number of anilines is 2. The van der Waals surface area contributed by atoms with Gasteiger partial charge in [-0.2, -0.15) is 0 Å². The second kappa shape index (κ2) is 8.15. The third kappa shape index (κ3) is 4.12. The monoisotopic (exact) mass is 390 g/mol. The number of hydrogen-bond donors (Lipinski definition) is 3. The van der Waals surface area contributed by atoms with E-state index in [0.717, 1.165) is 36.5 Å². The molecule has 4 N–H and O–H groups in total. The molecule has 4 rings (SSSR count). The van der Waals surface area contributed by atoms with Gasteiger partial charge in [-0.25, -0.2) is 10.2 Å². The summed E-state index contributed by atoms with van der Waals surface area (Å²) in [6.45, 7) is 0.920. The number of hydrogen-bond acceptors (Lipinski definition) is 6. The van der Waals surface area contributed by atoms with E-state index in [1.54, 1.807) is 16.2 Å². The molecule has 8 heteroatoms. The number of aromatic nitrogens is 3.